The number of halogens is 18. The normalized spacial score (nSPS) is 20.3. The molecule has 9 heterocycles. The van der Waals surface area contributed by atoms with E-state index in [1.165, 1.54) is 32.0 Å². The summed E-state index contributed by atoms with van der Waals surface area (Å²) >= 11 is 0. The number of benzene rings is 3. The number of aromatic nitrogens is 6. The van der Waals surface area contributed by atoms with E-state index in [0.29, 0.717) is 22.1 Å². The van der Waals surface area contributed by atoms with Crippen LogP contribution in [0.3, 0.4) is 0 Å². The molecule has 0 saturated carbocycles. The van der Waals surface area contributed by atoms with Gasteiger partial charge in [-0.2, -0.15) is 52.4 Å². The van der Waals surface area contributed by atoms with Crippen LogP contribution in [0.1, 0.15) is 87.0 Å². The van der Waals surface area contributed by atoms with Crippen molar-refractivity contribution in [1.29, 1.82) is 0 Å². The van der Waals surface area contributed by atoms with E-state index in [4.69, 9.17) is 5.73 Å². The Hall–Kier alpha value is -10.2. The first kappa shape index (κ1) is 88.7. The molecule has 0 radical (unpaired) electrons. The van der Waals surface area contributed by atoms with E-state index in [1.54, 1.807) is 0 Å². The molecular formula is C74H64F18N10O10S3. The van der Waals surface area contributed by atoms with Gasteiger partial charge in [-0.05, 0) is 143 Å². The molecule has 3 fully saturated rings. The molecule has 3 aliphatic rings. The summed E-state index contributed by atoms with van der Waals surface area (Å²) < 4.78 is 317. The Balaban J connectivity index is 0.000000184. The van der Waals surface area contributed by atoms with Crippen molar-refractivity contribution in [3.8, 4) is 33.4 Å². The average molecular weight is 1690 g/mol. The smallest absolute Gasteiger partial charge is 0.433 e. The highest BCUT2D eigenvalue weighted by Gasteiger charge is 2.56. The van der Waals surface area contributed by atoms with Crippen molar-refractivity contribution in [3.05, 3.63) is 234 Å². The summed E-state index contributed by atoms with van der Waals surface area (Å²) in [4.78, 5) is 58.4. The van der Waals surface area contributed by atoms with Crippen molar-refractivity contribution < 1.29 is 124 Å². The van der Waals surface area contributed by atoms with Gasteiger partial charge in [0.25, 0.3) is 0 Å². The maximum absolute atomic E-state index is 14.4. The number of pyridine rings is 6. The predicted molar refractivity (Wildman–Crippen MR) is 374 cm³/mol. The molecule has 0 amide bonds. The van der Waals surface area contributed by atoms with Crippen LogP contribution >= 0.6 is 0 Å². The van der Waals surface area contributed by atoms with Crippen molar-refractivity contribution in [2.24, 2.45) is 5.73 Å². The number of aryl methyl sites for hydroxylation is 2. The molecule has 9 aromatic rings. The largest absolute Gasteiger partial charge is 0.480 e. The second-order valence-electron chi connectivity index (χ2n) is 26.8. The third-order valence-electron chi connectivity index (χ3n) is 18.7. The van der Waals surface area contributed by atoms with Crippen LogP contribution in [0.5, 0.6) is 0 Å². The van der Waals surface area contributed by atoms with E-state index in [-0.39, 0.29) is 105 Å². The number of carboxylic acids is 1. The van der Waals surface area contributed by atoms with Crippen molar-refractivity contribution in [2.75, 3.05) is 19.6 Å². The van der Waals surface area contributed by atoms with Crippen molar-refractivity contribution in [3.63, 3.8) is 0 Å². The molecule has 3 aromatic carbocycles. The summed E-state index contributed by atoms with van der Waals surface area (Å²) in [5.41, 5.74) is -2.05. The lowest BCUT2D eigenvalue weighted by molar-refractivity contribution is -0.146. The molecule has 20 nitrogen and oxygen atoms in total. The fourth-order valence-electron chi connectivity index (χ4n) is 12.6. The summed E-state index contributed by atoms with van der Waals surface area (Å²) in [7, 11) is -12.9. The van der Waals surface area contributed by atoms with Gasteiger partial charge in [0, 0.05) is 122 Å². The number of carbonyl (C=O) groups excluding carboxylic acids is 2. The van der Waals surface area contributed by atoms with Crippen LogP contribution in [0.2, 0.25) is 0 Å². The summed E-state index contributed by atoms with van der Waals surface area (Å²) in [6, 6.07) is 21.3. The van der Waals surface area contributed by atoms with Crippen LogP contribution in [0.15, 0.2) is 179 Å². The van der Waals surface area contributed by atoms with E-state index in [1.807, 2.05) is 0 Å². The zero-order valence-corrected chi connectivity index (χ0v) is 62.3. The van der Waals surface area contributed by atoms with Crippen LogP contribution in [-0.2, 0) is 82.4 Å². The quantitative estimate of drug-likeness (QED) is 0.0711. The number of aliphatic carboxylic acids is 1. The Morgan fingerprint density at radius 2 is 0.670 bits per heavy atom. The molecule has 614 valence electrons. The zero-order valence-electron chi connectivity index (χ0n) is 59.9. The fourth-order valence-corrected chi connectivity index (χ4v) is 18.0. The molecule has 0 spiro atoms. The van der Waals surface area contributed by atoms with E-state index in [2.05, 4.69) is 29.9 Å². The maximum Gasteiger partial charge on any atom is 0.433 e. The van der Waals surface area contributed by atoms with Crippen LogP contribution in [0.4, 0.5) is 79.0 Å². The zero-order chi connectivity index (χ0) is 84.9. The number of sulfonamides is 3. The highest BCUT2D eigenvalue weighted by molar-refractivity contribution is 7.89. The number of hydrogen-bond donors (Lipinski definition) is 2. The molecule has 12 rings (SSSR count). The number of ketones is 2. The fraction of sp³-hybridized carbons (Fsp3) is 0.311. The first-order valence-corrected chi connectivity index (χ1v) is 38.2. The number of carbonyl (C=O) groups is 3. The molecule has 3 saturated heterocycles. The summed E-state index contributed by atoms with van der Waals surface area (Å²) in [6.45, 7) is 2.27. The summed E-state index contributed by atoms with van der Waals surface area (Å²) in [6.07, 6.45) is -15.1. The lowest BCUT2D eigenvalue weighted by Crippen LogP contribution is -2.50. The first-order chi connectivity index (χ1) is 53.5. The van der Waals surface area contributed by atoms with Gasteiger partial charge in [-0.25, -0.2) is 64.8 Å². The number of Topliss-reactive ketones (excluding diaryl/α,β-unsaturated/α-hetero) is 2. The van der Waals surface area contributed by atoms with Gasteiger partial charge in [0.05, 0.1) is 50.0 Å². The van der Waals surface area contributed by atoms with E-state index < -0.39 is 179 Å². The van der Waals surface area contributed by atoms with Gasteiger partial charge in [0.2, 0.25) is 30.1 Å². The highest BCUT2D eigenvalue weighted by Crippen LogP contribution is 2.42. The molecule has 41 heteroatoms. The molecular weight excluding hydrogens is 1630 g/mol. The second-order valence-corrected chi connectivity index (χ2v) is 32.4. The molecule has 0 bridgehead atoms. The molecule has 3 N–H and O–H groups in total. The Labute approximate surface area is 644 Å². The topological polar surface area (TPSA) is 287 Å². The SMILES string of the molecule is CC1(C(=O)O)C[C@@H](F)CN1S(=O)(=O)c1ccc(F)cc1.C[C@@]1(C(=O)CCc2cc(-c3ccc(C(F)(F)F)nc3)c(F)cn2)C[C@@H](F)CN1S(=O)(=O)c1ccc(F)cc1.C[C@]1(C(=O)CCc2cc(-c3ccc(C(F)(F)F)nc3)c(F)cn2)C[C@@H](F)CN1S(=O)(=O)c1ccc(F)cc1.NCc1cc(-c2ccc(C(F)(F)F)nc2)c(F)cn1. The van der Waals surface area contributed by atoms with Crippen LogP contribution < -0.4 is 5.73 Å². The van der Waals surface area contributed by atoms with Crippen LogP contribution in [0.25, 0.3) is 33.4 Å². The predicted octanol–water partition coefficient (Wildman–Crippen LogP) is 14.4. The number of alkyl halides is 12. The van der Waals surface area contributed by atoms with Gasteiger partial charge in [0.15, 0.2) is 11.6 Å². The van der Waals surface area contributed by atoms with Crippen molar-refractivity contribution in [1.82, 2.24) is 42.8 Å². The standard InChI is InChI=1S/2C25H21F6N3O3S.C12H9F4N3.C12H13F2NO4S/c2*1-24(11-17(27)14-34(24)38(36,37)19-6-3-16(26)4-7-19)23(35)9-5-18-10-20(21(28)13-32-18)15-2-8-22(33-12-15)25(29,30)31;13-10-6-18-8(4-17)3-9(10)7-1-2-11(19-5-7)12(14,15)16;1-12(11(16)17)6-9(14)7-15(12)20(18,19)10-4-2-8(13)3-5-10/h2*2-4,6-8,10,12-13,17H,5,9,11,14H2,1H3;1-3,5-6H,4,17H2;2-5,9H,6-7H2,1H3,(H,16,17)/t17-,24+;17-,24-;;9-,12?/m11.1/s1. The molecule has 3 aliphatic heterocycles. The van der Waals surface area contributed by atoms with Gasteiger partial charge in [-0.1, -0.05) is 18.2 Å². The number of hydrogen-bond acceptors (Lipinski definition) is 16. The minimum absolute atomic E-state index is 0.0602. The lowest BCUT2D eigenvalue weighted by Gasteiger charge is -2.32. The Morgan fingerprint density at radius 1 is 0.409 bits per heavy atom. The van der Waals surface area contributed by atoms with Gasteiger partial charge >= 0.3 is 24.5 Å². The first-order valence-electron chi connectivity index (χ1n) is 33.8. The van der Waals surface area contributed by atoms with Gasteiger partial charge in [0.1, 0.15) is 76.0 Å². The third-order valence-corrected chi connectivity index (χ3v) is 24.7. The number of rotatable bonds is 19. The maximum atomic E-state index is 14.4. The Kier molecular flexibility index (Phi) is 26.8. The van der Waals surface area contributed by atoms with E-state index >= 15 is 0 Å². The van der Waals surface area contributed by atoms with Crippen LogP contribution in [0, 0.1) is 34.9 Å². The highest BCUT2D eigenvalue weighted by atomic mass is 32.2. The Morgan fingerprint density at radius 3 is 0.922 bits per heavy atom. The molecule has 6 aromatic heterocycles. The molecule has 115 heavy (non-hydrogen) atoms. The second kappa shape index (κ2) is 34.7. The summed E-state index contributed by atoms with van der Waals surface area (Å²) in [5, 5.41) is 9.18. The lowest BCUT2D eigenvalue weighted by atomic mass is 9.90. The van der Waals surface area contributed by atoms with Crippen molar-refractivity contribution in [2.45, 2.75) is 141 Å². The monoisotopic (exact) mass is 1690 g/mol. The number of nitrogens with zero attached hydrogens (tertiary/aromatic N) is 9. The van der Waals surface area contributed by atoms with Gasteiger partial charge in [-0.3, -0.25) is 44.3 Å². The third kappa shape index (κ3) is 20.4. The Bertz CT molecular complexity index is 5160. The number of carboxylic acid groups (broad SMARTS) is 1. The molecule has 0 aliphatic carbocycles. The van der Waals surface area contributed by atoms with Gasteiger partial charge in [-0.15, -0.1) is 0 Å². The van der Waals surface area contributed by atoms with E-state index in [0.717, 1.165) is 150 Å². The summed E-state index contributed by atoms with van der Waals surface area (Å²) in [5.74, 6) is -6.84. The van der Waals surface area contributed by atoms with E-state index in [9.17, 15) is 124 Å². The van der Waals surface area contributed by atoms with Crippen LogP contribution in [-0.4, -0.2) is 145 Å². The molecule has 6 atom stereocenters. The number of nitrogens with two attached hydrogens (primary N) is 1. The minimum Gasteiger partial charge on any atom is -0.480 e. The molecule has 1 unspecified atom stereocenters. The average Bonchev–Trinajstić information content (AvgIpc) is 1.62. The van der Waals surface area contributed by atoms with Crippen molar-refractivity contribution >= 4 is 47.6 Å². The minimum atomic E-state index is -4.66. The van der Waals surface area contributed by atoms with Gasteiger partial charge < -0.3 is 10.8 Å².